The van der Waals surface area contributed by atoms with Crippen LogP contribution in [0.3, 0.4) is 0 Å². The number of carbonyl (C=O) groups excluding carboxylic acids is 8. The van der Waals surface area contributed by atoms with E-state index in [4.69, 9.17) is 4.74 Å². The number of carbonyl (C=O) groups is 8. The third-order valence-electron chi connectivity index (χ3n) is 12.1. The summed E-state index contributed by atoms with van der Waals surface area (Å²) in [6.45, 7) is 23.0. The Morgan fingerprint density at radius 2 is 1.30 bits per heavy atom. The van der Waals surface area contributed by atoms with Gasteiger partial charge in [0, 0.05) is 53.7 Å². The smallest absolute Gasteiger partial charge is 0.408 e. The summed E-state index contributed by atoms with van der Waals surface area (Å²) in [4.78, 5) is 122. The second kappa shape index (κ2) is 31.8. The summed E-state index contributed by atoms with van der Waals surface area (Å²) in [6.07, 6.45) is 4.05. The molecule has 21 heteroatoms. The number of hydrogen-bond donors (Lipinski definition) is 4. The highest BCUT2D eigenvalue weighted by Crippen LogP contribution is 2.28. The van der Waals surface area contributed by atoms with E-state index in [1.807, 2.05) is 58.9 Å². The van der Waals surface area contributed by atoms with Gasteiger partial charge in [-0.15, -0.1) is 0 Å². The predicted octanol–water partition coefficient (Wildman–Crippen LogP) is 5.22. The van der Waals surface area contributed by atoms with Crippen molar-refractivity contribution in [2.75, 3.05) is 54.1 Å². The summed E-state index contributed by atoms with van der Waals surface area (Å²) in [5, 5.41) is 20.9. The van der Waals surface area contributed by atoms with Gasteiger partial charge < -0.3 is 50.3 Å². The first-order valence-electron chi connectivity index (χ1n) is 25.3. The largest absolute Gasteiger partial charge is 0.444 e. The first-order chi connectivity index (χ1) is 33.9. The molecule has 0 aliphatic rings. The van der Waals surface area contributed by atoms with Gasteiger partial charge in [0.2, 0.25) is 41.4 Å². The maximum atomic E-state index is 14.9. The Morgan fingerprint density at radius 1 is 0.753 bits per heavy atom. The van der Waals surface area contributed by atoms with Gasteiger partial charge in [-0.2, -0.15) is 0 Å². The fraction of sp³-hybridized carbons (Fsp3) is 0.712. The minimum Gasteiger partial charge on any atom is -0.444 e. The number of aromatic nitrogens is 1. The molecule has 0 aliphatic heterocycles. The van der Waals surface area contributed by atoms with Gasteiger partial charge in [-0.3, -0.25) is 33.6 Å². The zero-order chi connectivity index (χ0) is 56.1. The second-order valence-corrected chi connectivity index (χ2v) is 23.4. The predicted molar refractivity (Wildman–Crippen MR) is 289 cm³/mol. The summed E-state index contributed by atoms with van der Waals surface area (Å²) in [5.74, 6) is -4.68. The molecule has 1 aromatic heterocycles. The molecular weight excluding hydrogens is 975 g/mol. The normalized spacial score (nSPS) is 15.0. The van der Waals surface area contributed by atoms with Crippen LogP contribution in [0.4, 0.5) is 4.79 Å². The van der Waals surface area contributed by atoms with Crippen LogP contribution in [0.1, 0.15) is 116 Å². The van der Waals surface area contributed by atoms with Crippen molar-refractivity contribution in [3.8, 4) is 0 Å². The SMILES string of the molecule is C/C=C/C[C@@H](C)[C@@H](O)[C@@H](C(=O)N[C@@H](CC)C(=O)N(C)CC(=O)NCCSSc1ccccn1)N(C)C(=O)[C@H](C(C)C)N(C)C(=O)[C@H](CC(C)C)N(C)C(=O)[C@H](CC(C)C)N(C)C(=O)[C@@H](C)NC(=O)OC(C)(C)C. The summed E-state index contributed by atoms with van der Waals surface area (Å²) in [5.41, 5.74) is -0.805. The molecule has 414 valence electrons. The second-order valence-electron chi connectivity index (χ2n) is 20.9. The number of alkyl carbamates (subject to hydrolysis) is 1. The molecule has 1 aromatic rings. The van der Waals surface area contributed by atoms with Gasteiger partial charge in [0.1, 0.15) is 46.9 Å². The molecule has 0 radical (unpaired) electrons. The van der Waals surface area contributed by atoms with Crippen LogP contribution in [-0.4, -0.2) is 184 Å². The molecule has 0 unspecified atom stereocenters. The highest BCUT2D eigenvalue weighted by molar-refractivity contribution is 8.76. The van der Waals surface area contributed by atoms with Crippen molar-refractivity contribution in [3.63, 3.8) is 0 Å². The van der Waals surface area contributed by atoms with Gasteiger partial charge >= 0.3 is 6.09 Å². The molecule has 19 nitrogen and oxygen atoms in total. The van der Waals surface area contributed by atoms with Gasteiger partial charge in [0.25, 0.3) is 0 Å². The number of likely N-dealkylation sites (N-methyl/N-ethyl adjacent to an activating group) is 5. The van der Waals surface area contributed by atoms with Crippen LogP contribution in [0.25, 0.3) is 0 Å². The molecule has 0 aliphatic carbocycles. The minimum absolute atomic E-state index is 0.0609. The quantitative estimate of drug-likeness (QED) is 0.0459. The van der Waals surface area contributed by atoms with Crippen LogP contribution in [-0.2, 0) is 38.3 Å². The van der Waals surface area contributed by atoms with E-state index in [0.717, 1.165) is 9.93 Å². The highest BCUT2D eigenvalue weighted by atomic mass is 33.1. The van der Waals surface area contributed by atoms with Crippen molar-refractivity contribution in [2.24, 2.45) is 23.7 Å². The van der Waals surface area contributed by atoms with Crippen molar-refractivity contribution < 1.29 is 48.2 Å². The van der Waals surface area contributed by atoms with Crippen molar-refractivity contribution in [1.82, 2.24) is 45.4 Å². The lowest BCUT2D eigenvalue weighted by molar-refractivity contribution is -0.157. The first kappa shape index (κ1) is 66.1. The monoisotopic (exact) mass is 1060 g/mol. The van der Waals surface area contributed by atoms with E-state index < -0.39 is 107 Å². The molecule has 0 saturated heterocycles. The summed E-state index contributed by atoms with van der Waals surface area (Å²) >= 11 is 0. The van der Waals surface area contributed by atoms with E-state index >= 15 is 0 Å². The molecular formula is C52H89N9O10S2. The van der Waals surface area contributed by atoms with Crippen molar-refractivity contribution in [1.29, 1.82) is 0 Å². The zero-order valence-electron chi connectivity index (χ0n) is 46.9. The van der Waals surface area contributed by atoms with Gasteiger partial charge in [-0.1, -0.05) is 84.4 Å². The van der Waals surface area contributed by atoms with Gasteiger partial charge in [0.15, 0.2) is 0 Å². The third kappa shape index (κ3) is 21.8. The van der Waals surface area contributed by atoms with E-state index in [-0.39, 0.29) is 37.6 Å². The van der Waals surface area contributed by atoms with E-state index in [9.17, 15) is 43.5 Å². The van der Waals surface area contributed by atoms with E-state index in [1.165, 1.54) is 83.3 Å². The molecule has 73 heavy (non-hydrogen) atoms. The van der Waals surface area contributed by atoms with E-state index in [1.54, 1.807) is 60.7 Å². The van der Waals surface area contributed by atoms with Crippen molar-refractivity contribution in [3.05, 3.63) is 36.5 Å². The number of nitrogens with zero attached hydrogens (tertiary/aromatic N) is 6. The fourth-order valence-corrected chi connectivity index (χ4v) is 9.84. The molecule has 0 saturated carbocycles. The van der Waals surface area contributed by atoms with Crippen LogP contribution in [0, 0.1) is 23.7 Å². The third-order valence-corrected chi connectivity index (χ3v) is 14.4. The number of hydrogen-bond acceptors (Lipinski definition) is 13. The Labute approximate surface area is 443 Å². The highest BCUT2D eigenvalue weighted by Gasteiger charge is 2.44. The minimum atomic E-state index is -1.53. The van der Waals surface area contributed by atoms with Crippen LogP contribution in [0.5, 0.6) is 0 Å². The van der Waals surface area contributed by atoms with Crippen molar-refractivity contribution in [2.45, 2.75) is 169 Å². The van der Waals surface area contributed by atoms with Gasteiger partial charge in [0.05, 0.1) is 12.6 Å². The Balaban J connectivity index is 3.49. The lowest BCUT2D eigenvalue weighted by Gasteiger charge is -2.41. The van der Waals surface area contributed by atoms with Gasteiger partial charge in [-0.25, -0.2) is 9.78 Å². The first-order valence-corrected chi connectivity index (χ1v) is 27.6. The van der Waals surface area contributed by atoms with Crippen LogP contribution < -0.4 is 16.0 Å². The molecule has 8 atom stereocenters. The molecule has 1 heterocycles. The average Bonchev–Trinajstić information content (AvgIpc) is 3.31. The Kier molecular flexibility index (Phi) is 28.8. The summed E-state index contributed by atoms with van der Waals surface area (Å²) in [6, 6.07) is -1.40. The Morgan fingerprint density at radius 3 is 1.79 bits per heavy atom. The number of aliphatic hydroxyl groups excluding tert-OH is 1. The molecule has 4 N–H and O–H groups in total. The lowest BCUT2D eigenvalue weighted by Crippen LogP contribution is -2.63. The number of ether oxygens (including phenoxy) is 1. The number of aliphatic hydroxyl groups is 1. The maximum Gasteiger partial charge on any atom is 0.408 e. The van der Waals surface area contributed by atoms with Crippen LogP contribution in [0.2, 0.25) is 0 Å². The number of amides is 8. The van der Waals surface area contributed by atoms with E-state index in [2.05, 4.69) is 20.9 Å². The fourth-order valence-electron chi connectivity index (χ4n) is 8.05. The topological polar surface area (TPSA) is 231 Å². The molecule has 0 bridgehead atoms. The molecule has 0 fully saturated rings. The molecule has 1 rings (SSSR count). The molecule has 8 amide bonds. The Bertz CT molecular complexity index is 1990. The van der Waals surface area contributed by atoms with Crippen LogP contribution in [0.15, 0.2) is 41.6 Å². The number of nitrogens with one attached hydrogen (secondary N) is 3. The zero-order valence-corrected chi connectivity index (χ0v) is 48.5. The number of pyridine rings is 1. The standard InChI is InChI=1S/C52H89N9O10S2/c1-19-21-24-35(9)44(63)43(45(64)56-37(20-2)47(66)57(14)31-40(62)53-27-28-72-73-41-25-22-23-26-54-41)61(18)50(69)42(34(7)8)60(17)49(68)39(30-33(5)6)59(16)48(67)38(29-32(3)4)58(15)46(65)36(10)55-51(70)71-52(11,12)13/h19,21-23,25-26,32-39,42-44,63H,20,24,27-31H2,1-18H3,(H,53,62)(H,55,70)(H,56,64)/b21-19+/t35-,36-,37+,38+,39+,42+,43+,44-/m1/s1. The number of allylic oxidation sites excluding steroid dienone is 2. The average molecular weight is 1060 g/mol. The van der Waals surface area contributed by atoms with Crippen LogP contribution >= 0.6 is 21.6 Å². The van der Waals surface area contributed by atoms with E-state index in [0.29, 0.717) is 18.7 Å². The lowest BCUT2D eigenvalue weighted by atomic mass is 9.91. The maximum absolute atomic E-state index is 14.9. The van der Waals surface area contributed by atoms with Crippen molar-refractivity contribution >= 4 is 69.0 Å². The Hall–Kier alpha value is -4.89. The molecule has 0 spiro atoms. The van der Waals surface area contributed by atoms with Gasteiger partial charge in [-0.05, 0) is 107 Å². The summed E-state index contributed by atoms with van der Waals surface area (Å²) < 4.78 is 5.34. The number of rotatable bonds is 29. The summed E-state index contributed by atoms with van der Waals surface area (Å²) in [7, 11) is 10.3. The molecule has 0 aromatic carbocycles.